The lowest BCUT2D eigenvalue weighted by Gasteiger charge is -2.37. The first-order valence-electron chi connectivity index (χ1n) is 5.92. The Balaban J connectivity index is 2.56. The van der Waals surface area contributed by atoms with Gasteiger partial charge in [0.05, 0.1) is 5.41 Å². The van der Waals surface area contributed by atoms with Crippen molar-refractivity contribution in [2.24, 2.45) is 11.1 Å². The third-order valence-electron chi connectivity index (χ3n) is 3.50. The molecular weight excluding hydrogens is 188 g/mol. The molecular formula is C12H24N2O. The summed E-state index contributed by atoms with van der Waals surface area (Å²) in [7, 11) is 0. The maximum atomic E-state index is 12.0. The minimum Gasteiger partial charge on any atom is -0.350 e. The zero-order valence-electron chi connectivity index (χ0n) is 10.2. The molecule has 0 unspecified atom stereocenters. The lowest BCUT2D eigenvalue weighted by atomic mass is 9.81. The van der Waals surface area contributed by atoms with Gasteiger partial charge in [0.25, 0.3) is 0 Å². The molecule has 0 spiro atoms. The summed E-state index contributed by atoms with van der Waals surface area (Å²) in [5, 5.41) is 3.17. The van der Waals surface area contributed by atoms with Crippen LogP contribution in [0.1, 0.15) is 52.9 Å². The van der Waals surface area contributed by atoms with Crippen LogP contribution in [0.15, 0.2) is 0 Å². The molecule has 3 nitrogen and oxygen atoms in total. The van der Waals surface area contributed by atoms with Gasteiger partial charge in [0, 0.05) is 12.1 Å². The Kier molecular flexibility index (Phi) is 3.77. The van der Waals surface area contributed by atoms with Gasteiger partial charge in [-0.25, -0.2) is 0 Å². The second-order valence-corrected chi connectivity index (χ2v) is 5.66. The zero-order valence-corrected chi connectivity index (χ0v) is 10.2. The van der Waals surface area contributed by atoms with E-state index in [4.69, 9.17) is 5.73 Å². The molecule has 0 bridgehead atoms. The van der Waals surface area contributed by atoms with Gasteiger partial charge >= 0.3 is 0 Å². The van der Waals surface area contributed by atoms with E-state index < -0.39 is 5.41 Å². The maximum absolute atomic E-state index is 12.0. The van der Waals surface area contributed by atoms with E-state index in [9.17, 15) is 4.79 Å². The minimum absolute atomic E-state index is 0.00176. The van der Waals surface area contributed by atoms with Gasteiger partial charge in [-0.3, -0.25) is 4.79 Å². The SMILES string of the molecule is CC1(NC(=O)C(C)(C)CN)CCCCC1. The van der Waals surface area contributed by atoms with Crippen molar-refractivity contribution in [2.45, 2.75) is 58.4 Å². The largest absolute Gasteiger partial charge is 0.350 e. The molecule has 88 valence electrons. The van der Waals surface area contributed by atoms with Crippen molar-refractivity contribution in [3.8, 4) is 0 Å². The molecule has 0 heterocycles. The standard InChI is InChI=1S/C12H24N2O/c1-11(2,9-13)10(15)14-12(3)7-5-4-6-8-12/h4-9,13H2,1-3H3,(H,14,15). The predicted octanol–water partition coefficient (Wildman–Crippen LogP) is 1.81. The van der Waals surface area contributed by atoms with Crippen LogP contribution in [0.3, 0.4) is 0 Å². The Morgan fingerprint density at radius 2 is 1.87 bits per heavy atom. The number of hydrogen-bond donors (Lipinski definition) is 2. The van der Waals surface area contributed by atoms with Crippen molar-refractivity contribution in [1.82, 2.24) is 5.32 Å². The van der Waals surface area contributed by atoms with E-state index in [-0.39, 0.29) is 11.4 Å². The summed E-state index contributed by atoms with van der Waals surface area (Å²) in [6, 6.07) is 0. The molecule has 0 saturated heterocycles. The molecule has 3 N–H and O–H groups in total. The molecule has 1 saturated carbocycles. The summed E-state index contributed by atoms with van der Waals surface area (Å²) < 4.78 is 0. The second-order valence-electron chi connectivity index (χ2n) is 5.66. The summed E-state index contributed by atoms with van der Waals surface area (Å²) >= 11 is 0. The van der Waals surface area contributed by atoms with Gasteiger partial charge in [0.15, 0.2) is 0 Å². The smallest absolute Gasteiger partial charge is 0.227 e. The number of hydrogen-bond acceptors (Lipinski definition) is 2. The van der Waals surface area contributed by atoms with Crippen LogP contribution in [-0.2, 0) is 4.79 Å². The number of nitrogens with one attached hydrogen (secondary N) is 1. The van der Waals surface area contributed by atoms with E-state index in [2.05, 4.69) is 12.2 Å². The highest BCUT2D eigenvalue weighted by Crippen LogP contribution is 2.28. The average molecular weight is 212 g/mol. The maximum Gasteiger partial charge on any atom is 0.227 e. The van der Waals surface area contributed by atoms with Crippen LogP contribution in [-0.4, -0.2) is 18.0 Å². The summed E-state index contributed by atoms with van der Waals surface area (Å²) in [6.07, 6.45) is 5.93. The molecule has 0 aromatic heterocycles. The highest BCUT2D eigenvalue weighted by molar-refractivity contribution is 5.82. The van der Waals surface area contributed by atoms with Crippen LogP contribution < -0.4 is 11.1 Å². The lowest BCUT2D eigenvalue weighted by Crippen LogP contribution is -2.53. The van der Waals surface area contributed by atoms with Gasteiger partial charge in [0.1, 0.15) is 0 Å². The molecule has 0 aromatic carbocycles. The lowest BCUT2D eigenvalue weighted by molar-refractivity contribution is -0.131. The second kappa shape index (κ2) is 4.52. The van der Waals surface area contributed by atoms with Gasteiger partial charge in [-0.2, -0.15) is 0 Å². The summed E-state index contributed by atoms with van der Waals surface area (Å²) in [5.41, 5.74) is 5.15. The first-order valence-corrected chi connectivity index (χ1v) is 5.92. The molecule has 0 aromatic rings. The van der Waals surface area contributed by atoms with Crippen molar-refractivity contribution in [3.05, 3.63) is 0 Å². The fraction of sp³-hybridized carbons (Fsp3) is 0.917. The normalized spacial score (nSPS) is 21.1. The van der Waals surface area contributed by atoms with Crippen LogP contribution in [0.4, 0.5) is 0 Å². The number of carbonyl (C=O) groups is 1. The van der Waals surface area contributed by atoms with Gasteiger partial charge in [-0.05, 0) is 33.6 Å². The predicted molar refractivity (Wildman–Crippen MR) is 62.5 cm³/mol. The van der Waals surface area contributed by atoms with Crippen molar-refractivity contribution >= 4 is 5.91 Å². The highest BCUT2D eigenvalue weighted by Gasteiger charge is 2.33. The fourth-order valence-corrected chi connectivity index (χ4v) is 1.99. The van der Waals surface area contributed by atoms with Gasteiger partial charge in [-0.1, -0.05) is 19.3 Å². The summed E-state index contributed by atoms with van der Waals surface area (Å²) in [6.45, 7) is 6.34. The number of nitrogens with two attached hydrogens (primary N) is 1. The summed E-state index contributed by atoms with van der Waals surface area (Å²) in [5.74, 6) is 0.0920. The van der Waals surface area contributed by atoms with Gasteiger partial charge < -0.3 is 11.1 Å². The van der Waals surface area contributed by atoms with Gasteiger partial charge in [-0.15, -0.1) is 0 Å². The van der Waals surface area contributed by atoms with Gasteiger partial charge in [0.2, 0.25) is 5.91 Å². The molecule has 1 aliphatic carbocycles. The quantitative estimate of drug-likeness (QED) is 0.749. The average Bonchev–Trinajstić information content (AvgIpc) is 2.18. The van der Waals surface area contributed by atoms with E-state index in [0.29, 0.717) is 6.54 Å². The Labute approximate surface area is 92.8 Å². The van der Waals surface area contributed by atoms with E-state index in [1.807, 2.05) is 13.8 Å². The van der Waals surface area contributed by atoms with Crippen molar-refractivity contribution in [2.75, 3.05) is 6.54 Å². The Bertz CT molecular complexity index is 230. The van der Waals surface area contributed by atoms with Crippen molar-refractivity contribution in [3.63, 3.8) is 0 Å². The molecule has 0 radical (unpaired) electrons. The zero-order chi connectivity index (χ0) is 11.5. The van der Waals surface area contributed by atoms with E-state index in [1.54, 1.807) is 0 Å². The number of amides is 1. The molecule has 1 aliphatic rings. The molecule has 0 atom stereocenters. The van der Waals surface area contributed by atoms with Crippen LogP contribution in [0.5, 0.6) is 0 Å². The van der Waals surface area contributed by atoms with Crippen LogP contribution >= 0.6 is 0 Å². The first-order chi connectivity index (χ1) is 6.90. The minimum atomic E-state index is -0.444. The fourth-order valence-electron chi connectivity index (χ4n) is 1.99. The number of rotatable bonds is 3. The topological polar surface area (TPSA) is 55.1 Å². The molecule has 3 heteroatoms. The van der Waals surface area contributed by atoms with Crippen LogP contribution in [0.2, 0.25) is 0 Å². The monoisotopic (exact) mass is 212 g/mol. The van der Waals surface area contributed by atoms with E-state index in [0.717, 1.165) is 12.8 Å². The third kappa shape index (κ3) is 3.20. The highest BCUT2D eigenvalue weighted by atomic mass is 16.2. The van der Waals surface area contributed by atoms with Crippen LogP contribution in [0, 0.1) is 5.41 Å². The summed E-state index contributed by atoms with van der Waals surface area (Å²) in [4.78, 5) is 12.0. The first kappa shape index (κ1) is 12.5. The third-order valence-corrected chi connectivity index (χ3v) is 3.50. The van der Waals surface area contributed by atoms with Crippen molar-refractivity contribution < 1.29 is 4.79 Å². The van der Waals surface area contributed by atoms with Crippen LogP contribution in [0.25, 0.3) is 0 Å². The molecule has 1 amide bonds. The molecule has 1 rings (SSSR count). The van der Waals surface area contributed by atoms with E-state index in [1.165, 1.54) is 19.3 Å². The molecule has 0 aliphatic heterocycles. The Morgan fingerprint density at radius 1 is 1.33 bits per heavy atom. The number of carbonyl (C=O) groups excluding carboxylic acids is 1. The molecule has 15 heavy (non-hydrogen) atoms. The Hall–Kier alpha value is -0.570. The molecule has 1 fully saturated rings. The van der Waals surface area contributed by atoms with E-state index >= 15 is 0 Å². The Morgan fingerprint density at radius 3 is 2.33 bits per heavy atom. The van der Waals surface area contributed by atoms with Crippen molar-refractivity contribution in [1.29, 1.82) is 0 Å².